The molecular formula is C32H38. The molecular weight excluding hydrogens is 384 g/mol. The molecule has 0 aliphatic heterocycles. The van der Waals surface area contributed by atoms with Gasteiger partial charge in [0.1, 0.15) is 0 Å². The molecule has 0 aliphatic carbocycles. The molecule has 0 atom stereocenters. The van der Waals surface area contributed by atoms with Gasteiger partial charge in [0.05, 0.1) is 0 Å². The Labute approximate surface area is 194 Å². The van der Waals surface area contributed by atoms with Gasteiger partial charge in [0, 0.05) is 0 Å². The van der Waals surface area contributed by atoms with Gasteiger partial charge in [0.25, 0.3) is 0 Å². The Morgan fingerprint density at radius 2 is 0.469 bits per heavy atom. The maximum absolute atomic E-state index is 2.24. The first-order chi connectivity index (χ1) is 15.4. The Hall–Kier alpha value is -3.12. The van der Waals surface area contributed by atoms with Crippen molar-refractivity contribution in [3.8, 4) is 0 Å². The quantitative estimate of drug-likeness (QED) is 0.218. The molecule has 0 aliphatic rings. The van der Waals surface area contributed by atoms with Crippen LogP contribution in [0.1, 0.15) is 41.5 Å². The van der Waals surface area contributed by atoms with E-state index in [9.17, 15) is 0 Å². The monoisotopic (exact) mass is 422 g/mol. The fourth-order valence-electron chi connectivity index (χ4n) is 3.02. The van der Waals surface area contributed by atoms with Crippen molar-refractivity contribution in [2.45, 2.75) is 41.5 Å². The third kappa shape index (κ3) is 8.94. The Bertz CT molecular complexity index is 1020. The van der Waals surface area contributed by atoms with Gasteiger partial charge in [0.2, 0.25) is 0 Å². The van der Waals surface area contributed by atoms with Crippen LogP contribution in [0.5, 0.6) is 0 Å². The van der Waals surface area contributed by atoms with Gasteiger partial charge < -0.3 is 0 Å². The number of hydrogen-bond acceptors (Lipinski definition) is 0. The van der Waals surface area contributed by atoms with E-state index in [2.05, 4.69) is 151 Å². The molecule has 0 aromatic heterocycles. The van der Waals surface area contributed by atoms with Crippen LogP contribution >= 0.6 is 0 Å². The van der Waals surface area contributed by atoms with E-state index in [1.165, 1.54) is 32.3 Å². The van der Waals surface area contributed by atoms with Gasteiger partial charge >= 0.3 is 0 Å². The highest BCUT2D eigenvalue weighted by atomic mass is 14.0. The van der Waals surface area contributed by atoms with Crippen molar-refractivity contribution in [3.63, 3.8) is 0 Å². The lowest BCUT2D eigenvalue weighted by molar-refractivity contribution is 0.736. The van der Waals surface area contributed by atoms with Crippen molar-refractivity contribution >= 4 is 32.3 Å². The van der Waals surface area contributed by atoms with E-state index < -0.39 is 0 Å². The number of rotatable bonds is 0. The summed E-state index contributed by atoms with van der Waals surface area (Å²) in [5, 5.41) is 7.87. The number of benzene rings is 5. The molecule has 0 saturated heterocycles. The maximum Gasteiger partial charge on any atom is -0.0178 e. The molecule has 0 heterocycles. The van der Waals surface area contributed by atoms with Crippen LogP contribution in [0.2, 0.25) is 0 Å². The van der Waals surface area contributed by atoms with Crippen LogP contribution in [0.25, 0.3) is 32.3 Å². The molecule has 0 fully saturated rings. The topological polar surface area (TPSA) is 0 Å². The smallest absolute Gasteiger partial charge is 0.0178 e. The summed E-state index contributed by atoms with van der Waals surface area (Å²) in [6.45, 7) is 13.0. The molecule has 32 heavy (non-hydrogen) atoms. The summed E-state index contributed by atoms with van der Waals surface area (Å²) in [6, 6.07) is 38.1. The van der Waals surface area contributed by atoms with Crippen molar-refractivity contribution < 1.29 is 0 Å². The average Bonchev–Trinajstić information content (AvgIpc) is 2.77. The second-order valence-corrected chi connectivity index (χ2v) is 9.36. The Balaban J connectivity index is 0.000000176. The number of fused-ring (bicyclic) bond motifs is 3. The zero-order valence-electron chi connectivity index (χ0n) is 20.5. The molecule has 0 nitrogen and oxygen atoms in total. The van der Waals surface area contributed by atoms with Crippen LogP contribution in [-0.2, 0) is 0 Å². The highest BCUT2D eigenvalue weighted by molar-refractivity contribution is 5.98. The first-order valence-electron chi connectivity index (χ1n) is 11.7. The van der Waals surface area contributed by atoms with E-state index in [-0.39, 0.29) is 0 Å². The molecule has 0 amide bonds. The molecule has 0 spiro atoms. The predicted octanol–water partition coefficient (Wildman–Crippen LogP) is 10.2. The summed E-state index contributed by atoms with van der Waals surface area (Å²) >= 11 is 0. The van der Waals surface area contributed by atoms with E-state index in [1.807, 2.05) is 0 Å². The van der Waals surface area contributed by atoms with Crippen LogP contribution < -0.4 is 0 Å². The lowest BCUT2D eigenvalue weighted by atomic mass is 10.0. The summed E-state index contributed by atoms with van der Waals surface area (Å²) in [4.78, 5) is 0. The van der Waals surface area contributed by atoms with Gasteiger partial charge in [-0.05, 0) is 56.3 Å². The summed E-state index contributed by atoms with van der Waals surface area (Å²) < 4.78 is 0. The molecule has 5 rings (SSSR count). The SMILES string of the molecule is CC(C)C.CC(C)C.c1ccc2cc3ccccc3cc2c1.c1ccc2ccccc2c1. The van der Waals surface area contributed by atoms with Crippen molar-refractivity contribution in [2.24, 2.45) is 11.8 Å². The molecule has 0 bridgehead atoms. The Morgan fingerprint density at radius 3 is 0.656 bits per heavy atom. The molecule has 5 aromatic carbocycles. The van der Waals surface area contributed by atoms with Crippen LogP contribution in [0, 0.1) is 11.8 Å². The van der Waals surface area contributed by atoms with Crippen LogP contribution in [-0.4, -0.2) is 0 Å². The van der Waals surface area contributed by atoms with E-state index in [4.69, 9.17) is 0 Å². The normalized spacial score (nSPS) is 10.1. The molecule has 166 valence electrons. The summed E-state index contributed by atoms with van der Waals surface area (Å²) in [5.41, 5.74) is 0. The van der Waals surface area contributed by atoms with Crippen molar-refractivity contribution in [1.82, 2.24) is 0 Å². The van der Waals surface area contributed by atoms with Gasteiger partial charge in [-0.3, -0.25) is 0 Å². The summed E-state index contributed by atoms with van der Waals surface area (Å²) in [6.07, 6.45) is 0. The van der Waals surface area contributed by atoms with Crippen molar-refractivity contribution in [2.75, 3.05) is 0 Å². The average molecular weight is 423 g/mol. The summed E-state index contributed by atoms with van der Waals surface area (Å²) in [5.74, 6) is 1.67. The van der Waals surface area contributed by atoms with Crippen LogP contribution in [0.3, 0.4) is 0 Å². The molecule has 0 saturated carbocycles. The van der Waals surface area contributed by atoms with E-state index in [0.717, 1.165) is 11.8 Å². The second kappa shape index (κ2) is 13.3. The maximum atomic E-state index is 2.24. The first-order valence-corrected chi connectivity index (χ1v) is 11.7. The first kappa shape index (κ1) is 25.1. The zero-order chi connectivity index (χ0) is 23.3. The molecule has 0 unspecified atom stereocenters. The minimum Gasteiger partial charge on any atom is -0.0630 e. The predicted molar refractivity (Wildman–Crippen MR) is 146 cm³/mol. The summed E-state index contributed by atoms with van der Waals surface area (Å²) in [7, 11) is 0. The van der Waals surface area contributed by atoms with Gasteiger partial charge in [-0.15, -0.1) is 0 Å². The van der Waals surface area contributed by atoms with E-state index in [0.29, 0.717) is 0 Å². The highest BCUT2D eigenvalue weighted by Crippen LogP contribution is 2.22. The van der Waals surface area contributed by atoms with Crippen LogP contribution in [0.4, 0.5) is 0 Å². The van der Waals surface area contributed by atoms with Gasteiger partial charge in [-0.1, -0.05) is 139 Å². The van der Waals surface area contributed by atoms with Crippen LogP contribution in [0.15, 0.2) is 109 Å². The number of hydrogen-bond donors (Lipinski definition) is 0. The third-order valence-electron chi connectivity index (χ3n) is 4.27. The second-order valence-electron chi connectivity index (χ2n) is 9.36. The minimum atomic E-state index is 0.833. The van der Waals surface area contributed by atoms with Crippen molar-refractivity contribution in [3.05, 3.63) is 109 Å². The van der Waals surface area contributed by atoms with Crippen molar-refractivity contribution in [1.29, 1.82) is 0 Å². The van der Waals surface area contributed by atoms with Gasteiger partial charge in [-0.25, -0.2) is 0 Å². The largest absolute Gasteiger partial charge is 0.0630 e. The highest BCUT2D eigenvalue weighted by Gasteiger charge is 1.95. The lowest BCUT2D eigenvalue weighted by Crippen LogP contribution is -1.74. The molecule has 5 aromatic rings. The lowest BCUT2D eigenvalue weighted by Gasteiger charge is -2.00. The van der Waals surface area contributed by atoms with Gasteiger partial charge in [0.15, 0.2) is 0 Å². The standard InChI is InChI=1S/C14H10.C10H8.2C4H10/c1-2-6-12-10-14-8-4-3-7-13(14)9-11(12)5-1;1-2-6-10-8-4-3-7-9(10)5-1;2*1-4(2)3/h1-10H;1-8H;2*4H,1-3H3. The Morgan fingerprint density at radius 1 is 0.312 bits per heavy atom. The van der Waals surface area contributed by atoms with Gasteiger partial charge in [-0.2, -0.15) is 0 Å². The minimum absolute atomic E-state index is 0.833. The molecule has 0 radical (unpaired) electrons. The molecule has 0 heteroatoms. The fraction of sp³-hybridized carbons (Fsp3) is 0.250. The third-order valence-corrected chi connectivity index (χ3v) is 4.27. The fourth-order valence-corrected chi connectivity index (χ4v) is 3.02. The zero-order valence-corrected chi connectivity index (χ0v) is 20.5. The van der Waals surface area contributed by atoms with E-state index >= 15 is 0 Å². The molecule has 0 N–H and O–H groups in total. The van der Waals surface area contributed by atoms with E-state index in [1.54, 1.807) is 0 Å². The Kier molecular flexibility index (Phi) is 10.5.